The van der Waals surface area contributed by atoms with Crippen LogP contribution in [-0.2, 0) is 0 Å². The van der Waals surface area contributed by atoms with Crippen molar-refractivity contribution in [2.45, 2.75) is 12.1 Å². The number of benzene rings is 2. The van der Waals surface area contributed by atoms with Gasteiger partial charge in [-0.15, -0.1) is 0 Å². The normalized spacial score (nSPS) is 13.8. The third-order valence-corrected chi connectivity index (χ3v) is 3.46. The van der Waals surface area contributed by atoms with Crippen molar-refractivity contribution in [1.82, 2.24) is 14.8 Å². The lowest BCUT2D eigenvalue weighted by atomic mass is 9.95. The molecule has 0 saturated heterocycles. The van der Waals surface area contributed by atoms with Gasteiger partial charge in [-0.2, -0.15) is 5.10 Å². The average molecular weight is 301 g/mol. The molecule has 0 radical (unpaired) electrons. The molecular weight excluding hydrogens is 288 g/mol. The molecule has 0 aliphatic heterocycles. The van der Waals surface area contributed by atoms with Crippen LogP contribution in [0.1, 0.15) is 23.3 Å². The smallest absolute Gasteiger partial charge is 0.137 e. The molecule has 2 unspecified atom stereocenters. The van der Waals surface area contributed by atoms with Crippen molar-refractivity contribution in [2.24, 2.45) is 0 Å². The Morgan fingerprint density at radius 1 is 1.00 bits per heavy atom. The summed E-state index contributed by atoms with van der Waals surface area (Å²) < 4.78 is 28.6. The maximum absolute atomic E-state index is 14.1. The molecule has 1 heterocycles. The van der Waals surface area contributed by atoms with E-state index in [1.165, 1.54) is 47.7 Å². The van der Waals surface area contributed by atoms with Crippen LogP contribution in [0.4, 0.5) is 8.78 Å². The summed E-state index contributed by atoms with van der Waals surface area (Å²) in [6.45, 7) is 0. The summed E-state index contributed by atoms with van der Waals surface area (Å²) in [4.78, 5) is 3.85. The fourth-order valence-corrected chi connectivity index (χ4v) is 2.38. The zero-order chi connectivity index (χ0) is 15.5. The van der Waals surface area contributed by atoms with Crippen LogP contribution < -0.4 is 0 Å². The summed E-state index contributed by atoms with van der Waals surface area (Å²) in [5.74, 6) is -0.858. The third-order valence-electron chi connectivity index (χ3n) is 3.46. The number of aliphatic hydroxyl groups is 1. The number of rotatable bonds is 4. The Hall–Kier alpha value is -2.60. The molecule has 4 nitrogen and oxygen atoms in total. The molecule has 0 spiro atoms. The molecule has 0 aliphatic carbocycles. The first kappa shape index (κ1) is 14.3. The summed E-state index contributed by atoms with van der Waals surface area (Å²) in [6, 6.07) is 10.8. The molecule has 6 heteroatoms. The van der Waals surface area contributed by atoms with E-state index in [9.17, 15) is 13.9 Å². The maximum Gasteiger partial charge on any atom is 0.137 e. The molecule has 1 N–H and O–H groups in total. The van der Waals surface area contributed by atoms with E-state index in [2.05, 4.69) is 10.1 Å². The molecule has 0 amide bonds. The summed E-state index contributed by atoms with van der Waals surface area (Å²) in [5, 5.41) is 14.6. The Balaban J connectivity index is 2.06. The maximum atomic E-state index is 14.1. The van der Waals surface area contributed by atoms with Crippen molar-refractivity contribution in [3.8, 4) is 0 Å². The van der Waals surface area contributed by atoms with Crippen molar-refractivity contribution in [3.05, 3.63) is 83.9 Å². The highest BCUT2D eigenvalue weighted by Gasteiger charge is 2.27. The summed E-state index contributed by atoms with van der Waals surface area (Å²) >= 11 is 0. The largest absolute Gasteiger partial charge is 0.386 e. The molecule has 0 fully saturated rings. The Kier molecular flexibility index (Phi) is 3.93. The number of aromatic nitrogens is 3. The third kappa shape index (κ3) is 2.73. The molecule has 2 aromatic carbocycles. The van der Waals surface area contributed by atoms with Crippen molar-refractivity contribution >= 4 is 0 Å². The highest BCUT2D eigenvalue weighted by Crippen LogP contribution is 2.33. The van der Waals surface area contributed by atoms with Crippen LogP contribution in [0.3, 0.4) is 0 Å². The van der Waals surface area contributed by atoms with E-state index >= 15 is 0 Å². The van der Waals surface area contributed by atoms with E-state index < -0.39 is 23.8 Å². The SMILES string of the molecule is OC(c1ccc(F)cc1)C(c1ccccc1F)n1cncn1. The van der Waals surface area contributed by atoms with Crippen molar-refractivity contribution < 1.29 is 13.9 Å². The number of halogens is 2. The predicted molar refractivity (Wildman–Crippen MR) is 75.9 cm³/mol. The second-order valence-electron chi connectivity index (χ2n) is 4.84. The fourth-order valence-electron chi connectivity index (χ4n) is 2.38. The molecular formula is C16H13F2N3O. The zero-order valence-corrected chi connectivity index (χ0v) is 11.5. The topological polar surface area (TPSA) is 50.9 Å². The monoisotopic (exact) mass is 301 g/mol. The minimum Gasteiger partial charge on any atom is -0.386 e. The number of hydrogen-bond acceptors (Lipinski definition) is 3. The average Bonchev–Trinajstić information content (AvgIpc) is 3.04. The van der Waals surface area contributed by atoms with E-state index in [4.69, 9.17) is 0 Å². The lowest BCUT2D eigenvalue weighted by molar-refractivity contribution is 0.123. The van der Waals surface area contributed by atoms with Crippen LogP contribution >= 0.6 is 0 Å². The summed E-state index contributed by atoms with van der Waals surface area (Å²) in [7, 11) is 0. The van der Waals surface area contributed by atoms with Gasteiger partial charge < -0.3 is 5.11 Å². The molecule has 2 atom stereocenters. The lowest BCUT2D eigenvalue weighted by Crippen LogP contribution is -2.21. The molecule has 22 heavy (non-hydrogen) atoms. The van der Waals surface area contributed by atoms with Gasteiger partial charge in [0.15, 0.2) is 0 Å². The summed E-state index contributed by atoms with van der Waals surface area (Å²) in [5.41, 5.74) is 0.745. The van der Waals surface area contributed by atoms with Gasteiger partial charge in [-0.05, 0) is 23.8 Å². The molecule has 3 aromatic rings. The highest BCUT2D eigenvalue weighted by atomic mass is 19.1. The van der Waals surface area contributed by atoms with Gasteiger partial charge in [-0.3, -0.25) is 0 Å². The van der Waals surface area contributed by atoms with Crippen LogP contribution in [0.5, 0.6) is 0 Å². The number of aliphatic hydroxyl groups excluding tert-OH is 1. The fraction of sp³-hybridized carbons (Fsp3) is 0.125. The first-order valence-corrected chi connectivity index (χ1v) is 6.69. The Labute approximate surface area is 125 Å². The summed E-state index contributed by atoms with van der Waals surface area (Å²) in [6.07, 6.45) is 1.62. The van der Waals surface area contributed by atoms with Gasteiger partial charge in [0.2, 0.25) is 0 Å². The molecule has 0 aliphatic rings. The first-order valence-electron chi connectivity index (χ1n) is 6.69. The van der Waals surface area contributed by atoms with Gasteiger partial charge in [-0.1, -0.05) is 30.3 Å². The molecule has 112 valence electrons. The zero-order valence-electron chi connectivity index (χ0n) is 11.5. The Bertz CT molecular complexity index is 744. The molecule has 0 bridgehead atoms. The van der Waals surface area contributed by atoms with E-state index in [0.29, 0.717) is 5.56 Å². The van der Waals surface area contributed by atoms with Gasteiger partial charge in [0, 0.05) is 5.56 Å². The van der Waals surface area contributed by atoms with Crippen molar-refractivity contribution in [2.75, 3.05) is 0 Å². The van der Waals surface area contributed by atoms with E-state index in [1.54, 1.807) is 18.2 Å². The van der Waals surface area contributed by atoms with Crippen LogP contribution in [0.15, 0.2) is 61.2 Å². The van der Waals surface area contributed by atoms with Gasteiger partial charge >= 0.3 is 0 Å². The highest BCUT2D eigenvalue weighted by molar-refractivity contribution is 5.28. The van der Waals surface area contributed by atoms with Crippen molar-refractivity contribution in [3.63, 3.8) is 0 Å². The molecule has 3 rings (SSSR count). The van der Waals surface area contributed by atoms with Gasteiger partial charge in [0.05, 0.1) is 0 Å². The minimum absolute atomic E-state index is 0.282. The van der Waals surface area contributed by atoms with E-state index in [-0.39, 0.29) is 5.56 Å². The quantitative estimate of drug-likeness (QED) is 0.806. The second kappa shape index (κ2) is 6.03. The minimum atomic E-state index is -1.10. The van der Waals surface area contributed by atoms with Crippen LogP contribution in [0.2, 0.25) is 0 Å². The Morgan fingerprint density at radius 2 is 1.73 bits per heavy atom. The van der Waals surface area contributed by atoms with Gasteiger partial charge in [0.1, 0.15) is 36.4 Å². The lowest BCUT2D eigenvalue weighted by Gasteiger charge is -2.24. The Morgan fingerprint density at radius 3 is 2.36 bits per heavy atom. The van der Waals surface area contributed by atoms with Gasteiger partial charge in [-0.25, -0.2) is 18.4 Å². The van der Waals surface area contributed by atoms with Crippen molar-refractivity contribution in [1.29, 1.82) is 0 Å². The van der Waals surface area contributed by atoms with Crippen LogP contribution in [0.25, 0.3) is 0 Å². The molecule has 0 saturated carbocycles. The number of nitrogens with zero attached hydrogens (tertiary/aromatic N) is 3. The first-order chi connectivity index (χ1) is 10.7. The van der Waals surface area contributed by atoms with Crippen LogP contribution in [0, 0.1) is 11.6 Å². The van der Waals surface area contributed by atoms with E-state index in [0.717, 1.165) is 0 Å². The van der Waals surface area contributed by atoms with E-state index in [1.807, 2.05) is 0 Å². The van der Waals surface area contributed by atoms with Gasteiger partial charge in [0.25, 0.3) is 0 Å². The van der Waals surface area contributed by atoms with Crippen LogP contribution in [-0.4, -0.2) is 19.9 Å². The number of hydrogen-bond donors (Lipinski definition) is 1. The second-order valence-corrected chi connectivity index (χ2v) is 4.84. The predicted octanol–water partition coefficient (Wildman–Crippen LogP) is 2.88. The molecule has 1 aromatic heterocycles. The standard InChI is InChI=1S/C16H13F2N3O/c17-12-7-5-11(6-8-12)16(22)15(21-10-19-9-20-21)13-3-1-2-4-14(13)18/h1-10,15-16,22H.